The van der Waals surface area contributed by atoms with Gasteiger partial charge in [0.2, 0.25) is 5.03 Å². The van der Waals surface area contributed by atoms with E-state index in [1.165, 1.54) is 31.1 Å². The van der Waals surface area contributed by atoms with Crippen LogP contribution in [-0.2, 0) is 22.6 Å². The van der Waals surface area contributed by atoms with Gasteiger partial charge in [0.1, 0.15) is 6.34 Å². The predicted octanol–water partition coefficient (Wildman–Crippen LogP) is 1.98. The van der Waals surface area contributed by atoms with Gasteiger partial charge in [0.25, 0.3) is 0 Å². The second-order valence-corrected chi connectivity index (χ2v) is 6.82. The standard InChI is InChI=1S/C13H16F3N5O2S/c1-4-5-9-6-7-10-18-11(13(14,15)16)12(21(10)19-9)24(22,23)17-8-20(2)3/h6-8H,4-5H2,1-3H3/b17-8+. The van der Waals surface area contributed by atoms with Crippen LogP contribution in [0.3, 0.4) is 0 Å². The number of rotatable bonds is 5. The van der Waals surface area contributed by atoms with Crippen LogP contribution < -0.4 is 0 Å². The third-order valence-corrected chi connectivity index (χ3v) is 4.15. The fourth-order valence-electron chi connectivity index (χ4n) is 1.96. The molecule has 0 amide bonds. The number of alkyl halides is 3. The van der Waals surface area contributed by atoms with Crippen molar-refractivity contribution in [2.75, 3.05) is 14.1 Å². The monoisotopic (exact) mass is 363 g/mol. The molecule has 0 aliphatic carbocycles. The Kier molecular flexibility index (Phi) is 4.83. The Balaban J connectivity index is 2.78. The highest BCUT2D eigenvalue weighted by Crippen LogP contribution is 2.34. The first-order valence-electron chi connectivity index (χ1n) is 6.99. The van der Waals surface area contributed by atoms with E-state index >= 15 is 0 Å². The van der Waals surface area contributed by atoms with Crippen LogP contribution >= 0.6 is 0 Å². The van der Waals surface area contributed by atoms with Crippen LogP contribution in [0.1, 0.15) is 24.7 Å². The van der Waals surface area contributed by atoms with Crippen molar-refractivity contribution in [3.8, 4) is 0 Å². The van der Waals surface area contributed by atoms with Gasteiger partial charge < -0.3 is 4.90 Å². The van der Waals surface area contributed by atoms with Gasteiger partial charge in [-0.3, -0.25) is 0 Å². The van der Waals surface area contributed by atoms with Crippen LogP contribution in [0.25, 0.3) is 5.65 Å². The van der Waals surface area contributed by atoms with Crippen LogP contribution in [0.4, 0.5) is 13.2 Å². The fraction of sp³-hybridized carbons (Fsp3) is 0.462. The molecule has 2 aromatic heterocycles. The molecule has 0 radical (unpaired) electrons. The van der Waals surface area contributed by atoms with E-state index in [0.717, 1.165) is 6.34 Å². The van der Waals surface area contributed by atoms with Gasteiger partial charge in [0, 0.05) is 14.1 Å². The number of halogens is 3. The summed E-state index contributed by atoms with van der Waals surface area (Å²) in [5.74, 6) is 0. The van der Waals surface area contributed by atoms with Crippen molar-refractivity contribution in [3.63, 3.8) is 0 Å². The van der Waals surface area contributed by atoms with Crippen molar-refractivity contribution in [2.45, 2.75) is 31.0 Å². The van der Waals surface area contributed by atoms with Crippen LogP contribution in [0.2, 0.25) is 0 Å². The van der Waals surface area contributed by atoms with Crippen LogP contribution in [0.5, 0.6) is 0 Å². The zero-order chi connectivity index (χ0) is 18.1. The highest BCUT2D eigenvalue weighted by atomic mass is 32.2. The van der Waals surface area contributed by atoms with Crippen LogP contribution in [0, 0.1) is 0 Å². The average Bonchev–Trinajstić information content (AvgIpc) is 2.85. The fourth-order valence-corrected chi connectivity index (χ4v) is 3.13. The molecule has 0 saturated carbocycles. The van der Waals surface area contributed by atoms with Crippen molar-refractivity contribution < 1.29 is 21.6 Å². The van der Waals surface area contributed by atoms with Gasteiger partial charge in [-0.2, -0.15) is 31.2 Å². The van der Waals surface area contributed by atoms with E-state index < -0.39 is 26.9 Å². The number of sulfonamides is 1. The minimum Gasteiger partial charge on any atom is -0.368 e. The van der Waals surface area contributed by atoms with Crippen molar-refractivity contribution >= 4 is 22.0 Å². The first kappa shape index (κ1) is 18.2. The molecule has 7 nitrogen and oxygen atoms in total. The summed E-state index contributed by atoms with van der Waals surface area (Å²) in [5, 5.41) is 2.90. The van der Waals surface area contributed by atoms with E-state index in [-0.39, 0.29) is 5.65 Å². The number of hydrogen-bond acceptors (Lipinski definition) is 4. The third kappa shape index (κ3) is 3.66. The molecule has 0 bridgehead atoms. The number of nitrogens with zero attached hydrogens (tertiary/aromatic N) is 5. The Bertz CT molecular complexity index is 872. The molecule has 0 N–H and O–H groups in total. The number of fused-ring (bicyclic) bond motifs is 1. The van der Waals surface area contributed by atoms with Crippen molar-refractivity contribution in [3.05, 3.63) is 23.5 Å². The highest BCUT2D eigenvalue weighted by Gasteiger charge is 2.42. The summed E-state index contributed by atoms with van der Waals surface area (Å²) >= 11 is 0. The van der Waals surface area contributed by atoms with E-state index in [0.29, 0.717) is 23.1 Å². The minimum atomic E-state index is -4.95. The summed E-state index contributed by atoms with van der Waals surface area (Å²) in [6.07, 6.45) is -2.84. The molecule has 2 heterocycles. The largest absolute Gasteiger partial charge is 0.436 e. The minimum absolute atomic E-state index is 0.208. The molecule has 0 fully saturated rings. The lowest BCUT2D eigenvalue weighted by molar-refractivity contribution is -0.143. The van der Waals surface area contributed by atoms with E-state index in [1.807, 2.05) is 6.92 Å². The van der Waals surface area contributed by atoms with Gasteiger partial charge in [0.05, 0.1) is 5.69 Å². The number of aromatic nitrogens is 3. The number of imidazole rings is 1. The Hall–Kier alpha value is -2.17. The molecule has 24 heavy (non-hydrogen) atoms. The first-order valence-corrected chi connectivity index (χ1v) is 8.43. The smallest absolute Gasteiger partial charge is 0.368 e. The summed E-state index contributed by atoms with van der Waals surface area (Å²) in [4.78, 5) is 4.68. The summed E-state index contributed by atoms with van der Waals surface area (Å²) in [5.41, 5.74) is -1.27. The summed E-state index contributed by atoms with van der Waals surface area (Å²) in [7, 11) is -1.65. The Morgan fingerprint density at radius 1 is 1.33 bits per heavy atom. The van der Waals surface area contributed by atoms with Crippen LogP contribution in [-0.4, -0.2) is 48.3 Å². The number of aryl methyl sites for hydroxylation is 1. The maximum Gasteiger partial charge on any atom is 0.436 e. The lowest BCUT2D eigenvalue weighted by atomic mass is 10.2. The predicted molar refractivity (Wildman–Crippen MR) is 81.3 cm³/mol. The van der Waals surface area contributed by atoms with E-state index in [4.69, 9.17) is 0 Å². The SMILES string of the molecule is CCCc1ccc2nc(C(F)(F)F)c(S(=O)(=O)/N=C/N(C)C)n2n1. The molecule has 132 valence electrons. The van der Waals surface area contributed by atoms with Crippen LogP contribution in [0.15, 0.2) is 21.6 Å². The molecule has 0 atom stereocenters. The van der Waals surface area contributed by atoms with Gasteiger partial charge >= 0.3 is 16.2 Å². The molecule has 0 saturated heterocycles. The van der Waals surface area contributed by atoms with E-state index in [9.17, 15) is 21.6 Å². The lowest BCUT2D eigenvalue weighted by Crippen LogP contribution is -2.16. The molecule has 0 aliphatic heterocycles. The molecule has 0 unspecified atom stereocenters. The van der Waals surface area contributed by atoms with Gasteiger partial charge in [0.15, 0.2) is 11.3 Å². The van der Waals surface area contributed by atoms with E-state index in [1.54, 1.807) is 0 Å². The maximum absolute atomic E-state index is 13.2. The van der Waals surface area contributed by atoms with Crippen molar-refractivity contribution in [2.24, 2.45) is 4.40 Å². The van der Waals surface area contributed by atoms with E-state index in [2.05, 4.69) is 14.5 Å². The van der Waals surface area contributed by atoms with Gasteiger partial charge in [-0.15, -0.1) is 4.40 Å². The molecule has 0 aromatic carbocycles. The molecule has 0 aliphatic rings. The Morgan fingerprint density at radius 2 is 2.00 bits per heavy atom. The molecule has 0 spiro atoms. The molecule has 2 rings (SSSR count). The molecular weight excluding hydrogens is 347 g/mol. The first-order chi connectivity index (χ1) is 11.1. The van der Waals surface area contributed by atoms with Crippen molar-refractivity contribution in [1.29, 1.82) is 0 Å². The molecule has 11 heteroatoms. The summed E-state index contributed by atoms with van der Waals surface area (Å²) in [6.45, 7) is 1.87. The topological polar surface area (TPSA) is 79.9 Å². The molecule has 2 aromatic rings. The second kappa shape index (κ2) is 6.38. The number of hydrogen-bond donors (Lipinski definition) is 0. The average molecular weight is 363 g/mol. The zero-order valence-electron chi connectivity index (χ0n) is 13.2. The van der Waals surface area contributed by atoms with Gasteiger partial charge in [-0.25, -0.2) is 4.98 Å². The second-order valence-electron chi connectivity index (χ2n) is 5.27. The highest BCUT2D eigenvalue weighted by molar-refractivity contribution is 7.90. The quantitative estimate of drug-likeness (QED) is 0.599. The van der Waals surface area contributed by atoms with Gasteiger partial charge in [-0.05, 0) is 18.6 Å². The van der Waals surface area contributed by atoms with Crippen molar-refractivity contribution in [1.82, 2.24) is 19.5 Å². The Labute approximate surface area is 136 Å². The summed E-state index contributed by atoms with van der Waals surface area (Å²) in [6, 6.07) is 2.83. The third-order valence-electron chi connectivity index (χ3n) is 2.93. The van der Waals surface area contributed by atoms with Gasteiger partial charge in [-0.1, -0.05) is 13.3 Å². The lowest BCUT2D eigenvalue weighted by Gasteiger charge is -2.07. The maximum atomic E-state index is 13.2. The summed E-state index contributed by atoms with van der Waals surface area (Å²) < 4.78 is 68.3. The Morgan fingerprint density at radius 3 is 2.54 bits per heavy atom. The normalized spacial score (nSPS) is 13.1. The molecular formula is C13H16F3N5O2S. The zero-order valence-corrected chi connectivity index (χ0v) is 14.1.